The molecule has 0 heterocycles. The second-order valence-corrected chi connectivity index (χ2v) is 6.34. The number of halogens is 1. The molecule has 0 fully saturated rings. The number of rotatable bonds is 7. The molecule has 25 heavy (non-hydrogen) atoms. The van der Waals surface area contributed by atoms with Crippen LogP contribution in [0.15, 0.2) is 54.6 Å². The number of benzene rings is 2. The van der Waals surface area contributed by atoms with Crippen molar-refractivity contribution < 1.29 is 19.1 Å². The van der Waals surface area contributed by atoms with Crippen LogP contribution >= 0.6 is 11.6 Å². The fourth-order valence-electron chi connectivity index (χ4n) is 1.99. The van der Waals surface area contributed by atoms with E-state index in [1.807, 2.05) is 30.3 Å². The maximum Gasteiger partial charge on any atom is 0.350 e. The molecular formula is C19H20ClNO4. The van der Waals surface area contributed by atoms with Gasteiger partial charge in [-0.15, -0.1) is 0 Å². The highest BCUT2D eigenvalue weighted by atomic mass is 35.5. The Bertz CT molecular complexity index is 714. The van der Waals surface area contributed by atoms with Crippen LogP contribution in [0.25, 0.3) is 0 Å². The molecule has 0 aliphatic carbocycles. The van der Waals surface area contributed by atoms with Crippen LogP contribution in [0.5, 0.6) is 5.75 Å². The molecule has 5 nitrogen and oxygen atoms in total. The van der Waals surface area contributed by atoms with Gasteiger partial charge in [0.25, 0.3) is 5.91 Å². The van der Waals surface area contributed by atoms with Crippen molar-refractivity contribution in [2.24, 2.45) is 0 Å². The number of amides is 1. The van der Waals surface area contributed by atoms with Crippen LogP contribution in [0, 0.1) is 0 Å². The van der Waals surface area contributed by atoms with Crippen molar-refractivity contribution in [1.29, 1.82) is 0 Å². The van der Waals surface area contributed by atoms with Crippen molar-refractivity contribution in [3.63, 3.8) is 0 Å². The van der Waals surface area contributed by atoms with E-state index in [0.717, 1.165) is 5.56 Å². The fraction of sp³-hybridized carbons (Fsp3) is 0.263. The van der Waals surface area contributed by atoms with Gasteiger partial charge >= 0.3 is 5.97 Å². The van der Waals surface area contributed by atoms with Gasteiger partial charge in [0.05, 0.1) is 0 Å². The van der Waals surface area contributed by atoms with Crippen LogP contribution in [-0.4, -0.2) is 24.1 Å². The lowest BCUT2D eigenvalue weighted by atomic mass is 10.1. The third kappa shape index (κ3) is 6.12. The Kier molecular flexibility index (Phi) is 6.42. The molecule has 0 aliphatic rings. The quantitative estimate of drug-likeness (QED) is 0.768. The van der Waals surface area contributed by atoms with E-state index in [-0.39, 0.29) is 12.5 Å². The van der Waals surface area contributed by atoms with Gasteiger partial charge in [0.15, 0.2) is 12.2 Å². The molecule has 0 aromatic heterocycles. The summed E-state index contributed by atoms with van der Waals surface area (Å²) in [4.78, 5) is 24.0. The van der Waals surface area contributed by atoms with E-state index in [1.54, 1.807) is 38.1 Å². The summed E-state index contributed by atoms with van der Waals surface area (Å²) in [5.41, 5.74) is -0.262. The lowest BCUT2D eigenvalue weighted by Crippen LogP contribution is -2.41. The Morgan fingerprint density at radius 2 is 1.68 bits per heavy atom. The van der Waals surface area contributed by atoms with Crippen LogP contribution in [0.1, 0.15) is 19.4 Å². The first-order chi connectivity index (χ1) is 11.9. The number of esters is 1. The average Bonchev–Trinajstić information content (AvgIpc) is 2.60. The summed E-state index contributed by atoms with van der Waals surface area (Å²) in [6.07, 6.45) is 0. The van der Waals surface area contributed by atoms with Gasteiger partial charge in [-0.3, -0.25) is 4.79 Å². The maximum atomic E-state index is 12.2. The molecular weight excluding hydrogens is 342 g/mol. The first kappa shape index (κ1) is 18.8. The summed E-state index contributed by atoms with van der Waals surface area (Å²) in [5.74, 6) is -0.517. The van der Waals surface area contributed by atoms with Gasteiger partial charge in [0, 0.05) is 11.6 Å². The second kappa shape index (κ2) is 8.53. The largest absolute Gasteiger partial charge is 0.476 e. The summed E-state index contributed by atoms with van der Waals surface area (Å²) < 4.78 is 10.7. The van der Waals surface area contributed by atoms with Gasteiger partial charge in [-0.1, -0.05) is 41.9 Å². The van der Waals surface area contributed by atoms with Crippen LogP contribution in [0.2, 0.25) is 5.02 Å². The average molecular weight is 362 g/mol. The van der Waals surface area contributed by atoms with Crippen molar-refractivity contribution in [1.82, 2.24) is 5.32 Å². The SMILES string of the molecule is CC(C)(Oc1ccc(Cl)cc1)C(=O)OCC(=O)NCc1ccccc1. The molecule has 0 spiro atoms. The zero-order valence-electron chi connectivity index (χ0n) is 14.1. The highest BCUT2D eigenvalue weighted by molar-refractivity contribution is 6.30. The topological polar surface area (TPSA) is 64.6 Å². The van der Waals surface area contributed by atoms with Gasteiger partial charge < -0.3 is 14.8 Å². The minimum absolute atomic E-state index is 0.362. The van der Waals surface area contributed by atoms with E-state index in [9.17, 15) is 9.59 Å². The van der Waals surface area contributed by atoms with Gasteiger partial charge in [-0.05, 0) is 43.7 Å². The lowest BCUT2D eigenvalue weighted by Gasteiger charge is -2.24. The molecule has 0 radical (unpaired) electrons. The van der Waals surface area contributed by atoms with Crippen molar-refractivity contribution >= 4 is 23.5 Å². The molecule has 2 rings (SSSR count). The third-order valence-electron chi connectivity index (χ3n) is 3.35. The molecule has 0 aliphatic heterocycles. The van der Waals surface area contributed by atoms with E-state index in [2.05, 4.69) is 5.32 Å². The molecule has 1 amide bonds. The van der Waals surface area contributed by atoms with Crippen LogP contribution in [0.4, 0.5) is 0 Å². The Balaban J connectivity index is 1.79. The van der Waals surface area contributed by atoms with E-state index in [4.69, 9.17) is 21.1 Å². The summed E-state index contributed by atoms with van der Waals surface area (Å²) in [5, 5.41) is 3.26. The van der Waals surface area contributed by atoms with Gasteiger partial charge in [-0.25, -0.2) is 4.79 Å². The number of ether oxygens (including phenoxy) is 2. The minimum atomic E-state index is -1.23. The highest BCUT2D eigenvalue weighted by Crippen LogP contribution is 2.21. The van der Waals surface area contributed by atoms with Gasteiger partial charge in [0.2, 0.25) is 0 Å². The molecule has 2 aromatic rings. The Morgan fingerprint density at radius 3 is 2.32 bits per heavy atom. The van der Waals surface area contributed by atoms with E-state index in [0.29, 0.717) is 17.3 Å². The molecule has 0 saturated heterocycles. The summed E-state index contributed by atoms with van der Waals surface area (Å²) in [7, 11) is 0. The van der Waals surface area contributed by atoms with Gasteiger partial charge in [-0.2, -0.15) is 0 Å². The predicted molar refractivity (Wildman–Crippen MR) is 95.4 cm³/mol. The minimum Gasteiger partial charge on any atom is -0.476 e. The zero-order valence-corrected chi connectivity index (χ0v) is 14.9. The Labute approximate surface area is 151 Å². The van der Waals surface area contributed by atoms with E-state index >= 15 is 0 Å². The molecule has 0 unspecified atom stereocenters. The second-order valence-electron chi connectivity index (χ2n) is 5.90. The smallest absolute Gasteiger partial charge is 0.350 e. The standard InChI is InChI=1S/C19H20ClNO4/c1-19(2,25-16-10-8-15(20)9-11-16)18(23)24-13-17(22)21-12-14-6-4-3-5-7-14/h3-11H,12-13H2,1-2H3,(H,21,22). The summed E-state index contributed by atoms with van der Waals surface area (Å²) in [6, 6.07) is 16.1. The highest BCUT2D eigenvalue weighted by Gasteiger charge is 2.32. The molecule has 132 valence electrons. The first-order valence-electron chi connectivity index (χ1n) is 7.79. The zero-order chi connectivity index (χ0) is 18.3. The van der Waals surface area contributed by atoms with Crippen LogP contribution in [0.3, 0.4) is 0 Å². The van der Waals surface area contributed by atoms with E-state index < -0.39 is 11.6 Å². The normalized spacial score (nSPS) is 10.8. The third-order valence-corrected chi connectivity index (χ3v) is 3.60. The monoisotopic (exact) mass is 361 g/mol. The number of hydrogen-bond donors (Lipinski definition) is 1. The van der Waals surface area contributed by atoms with Crippen LogP contribution < -0.4 is 10.1 Å². The lowest BCUT2D eigenvalue weighted by molar-refractivity contribution is -0.162. The summed E-state index contributed by atoms with van der Waals surface area (Å²) >= 11 is 5.81. The number of carbonyl (C=O) groups excluding carboxylic acids is 2. The molecule has 6 heteroatoms. The molecule has 1 N–H and O–H groups in total. The Morgan fingerprint density at radius 1 is 1.04 bits per heavy atom. The van der Waals surface area contributed by atoms with E-state index in [1.165, 1.54) is 0 Å². The number of carbonyl (C=O) groups is 2. The van der Waals surface area contributed by atoms with Crippen molar-refractivity contribution in [2.75, 3.05) is 6.61 Å². The predicted octanol–water partition coefficient (Wildman–Crippen LogP) is 3.36. The molecule has 2 aromatic carbocycles. The van der Waals surface area contributed by atoms with Crippen LogP contribution in [-0.2, 0) is 20.9 Å². The van der Waals surface area contributed by atoms with Crippen molar-refractivity contribution in [3.05, 3.63) is 65.2 Å². The van der Waals surface area contributed by atoms with Crippen molar-refractivity contribution in [2.45, 2.75) is 26.0 Å². The summed E-state index contributed by atoms with van der Waals surface area (Å²) in [6.45, 7) is 3.17. The number of hydrogen-bond acceptors (Lipinski definition) is 4. The fourth-order valence-corrected chi connectivity index (χ4v) is 2.12. The van der Waals surface area contributed by atoms with Crippen molar-refractivity contribution in [3.8, 4) is 5.75 Å². The molecule has 0 saturated carbocycles. The molecule has 0 bridgehead atoms. The number of nitrogens with one attached hydrogen (secondary N) is 1. The van der Waals surface area contributed by atoms with Gasteiger partial charge in [0.1, 0.15) is 5.75 Å². The first-order valence-corrected chi connectivity index (χ1v) is 8.17. The maximum absolute atomic E-state index is 12.2. The Hall–Kier alpha value is -2.53. The molecule has 0 atom stereocenters.